The van der Waals surface area contributed by atoms with E-state index >= 15 is 0 Å². The summed E-state index contributed by atoms with van der Waals surface area (Å²) in [5, 5.41) is 10.8. The fraction of sp³-hybridized carbons (Fsp3) is 0.333. The predicted molar refractivity (Wildman–Crippen MR) is 122 cm³/mol. The SMILES string of the molecule is CC(=O)N1CCC(c2nnc3n2-c2sc(Br)cc2C(c2ccccc2Cl)=NC3)CC1. The van der Waals surface area contributed by atoms with E-state index in [1.807, 2.05) is 29.2 Å². The lowest BCUT2D eigenvalue weighted by Gasteiger charge is -2.30. The van der Waals surface area contributed by atoms with Gasteiger partial charge in [-0.1, -0.05) is 29.8 Å². The topological polar surface area (TPSA) is 63.4 Å². The molecule has 1 amide bonds. The Morgan fingerprint density at radius 2 is 1.97 bits per heavy atom. The zero-order valence-electron chi connectivity index (χ0n) is 16.3. The summed E-state index contributed by atoms with van der Waals surface area (Å²) in [7, 11) is 0. The highest BCUT2D eigenvalue weighted by molar-refractivity contribution is 9.11. The number of thiophene rings is 1. The number of hydrogen-bond acceptors (Lipinski definition) is 5. The van der Waals surface area contributed by atoms with Crippen LogP contribution in [0.2, 0.25) is 5.02 Å². The molecule has 0 unspecified atom stereocenters. The Hall–Kier alpha value is -2.03. The Morgan fingerprint density at radius 1 is 1.20 bits per heavy atom. The second-order valence-corrected chi connectivity index (χ2v) is 10.3. The number of hydrogen-bond donors (Lipinski definition) is 0. The van der Waals surface area contributed by atoms with Gasteiger partial charge in [-0.3, -0.25) is 14.4 Å². The van der Waals surface area contributed by atoms with Crippen molar-refractivity contribution in [3.63, 3.8) is 0 Å². The summed E-state index contributed by atoms with van der Waals surface area (Å²) in [5.41, 5.74) is 2.82. The highest BCUT2D eigenvalue weighted by Crippen LogP contribution is 2.39. The molecule has 1 saturated heterocycles. The monoisotopic (exact) mass is 503 g/mol. The minimum absolute atomic E-state index is 0.135. The van der Waals surface area contributed by atoms with Gasteiger partial charge in [-0.15, -0.1) is 21.5 Å². The quantitative estimate of drug-likeness (QED) is 0.502. The molecule has 0 atom stereocenters. The molecule has 6 nitrogen and oxygen atoms in total. The second kappa shape index (κ2) is 7.90. The number of piperidine rings is 1. The fourth-order valence-corrected chi connectivity index (χ4v) is 6.01. The van der Waals surface area contributed by atoms with Gasteiger partial charge in [-0.2, -0.15) is 0 Å². The molecule has 30 heavy (non-hydrogen) atoms. The summed E-state index contributed by atoms with van der Waals surface area (Å²) < 4.78 is 3.19. The molecule has 154 valence electrons. The third kappa shape index (κ3) is 3.40. The van der Waals surface area contributed by atoms with E-state index < -0.39 is 0 Å². The summed E-state index contributed by atoms with van der Waals surface area (Å²) in [4.78, 5) is 18.5. The van der Waals surface area contributed by atoms with Crippen molar-refractivity contribution in [3.8, 4) is 5.00 Å². The highest BCUT2D eigenvalue weighted by atomic mass is 79.9. The van der Waals surface area contributed by atoms with Gasteiger partial charge in [0.25, 0.3) is 0 Å². The summed E-state index contributed by atoms with van der Waals surface area (Å²) in [6, 6.07) is 9.89. The lowest BCUT2D eigenvalue weighted by Crippen LogP contribution is -2.36. The van der Waals surface area contributed by atoms with Crippen LogP contribution in [0.4, 0.5) is 0 Å². The zero-order valence-corrected chi connectivity index (χ0v) is 19.5. The van der Waals surface area contributed by atoms with E-state index in [0.29, 0.717) is 11.6 Å². The van der Waals surface area contributed by atoms with Gasteiger partial charge in [-0.25, -0.2) is 0 Å². The number of fused-ring (bicyclic) bond motifs is 3. The smallest absolute Gasteiger partial charge is 0.219 e. The lowest BCUT2D eigenvalue weighted by atomic mass is 9.95. The number of benzene rings is 1. The molecule has 1 fully saturated rings. The van der Waals surface area contributed by atoms with Crippen LogP contribution in [-0.2, 0) is 11.3 Å². The number of likely N-dealkylation sites (tertiary alicyclic amines) is 1. The van der Waals surface area contributed by atoms with Crippen molar-refractivity contribution in [2.24, 2.45) is 4.99 Å². The van der Waals surface area contributed by atoms with Gasteiger partial charge >= 0.3 is 0 Å². The maximum atomic E-state index is 11.7. The summed E-state index contributed by atoms with van der Waals surface area (Å²) >= 11 is 11.8. The Kier molecular flexibility index (Phi) is 5.24. The molecule has 4 heterocycles. The number of halogens is 2. The Morgan fingerprint density at radius 3 is 2.70 bits per heavy atom. The normalized spacial score (nSPS) is 16.6. The zero-order chi connectivity index (χ0) is 20.8. The number of amides is 1. The van der Waals surface area contributed by atoms with E-state index in [-0.39, 0.29) is 11.8 Å². The van der Waals surface area contributed by atoms with Gasteiger partial charge in [0.15, 0.2) is 5.82 Å². The lowest BCUT2D eigenvalue weighted by molar-refractivity contribution is -0.129. The summed E-state index contributed by atoms with van der Waals surface area (Å²) in [5.74, 6) is 2.18. The number of aliphatic imine (C=N–C) groups is 1. The maximum Gasteiger partial charge on any atom is 0.219 e. The molecule has 3 aromatic rings. The predicted octanol–water partition coefficient (Wildman–Crippen LogP) is 4.82. The van der Waals surface area contributed by atoms with E-state index in [1.165, 1.54) is 0 Å². The van der Waals surface area contributed by atoms with Crippen molar-refractivity contribution in [2.45, 2.75) is 32.2 Å². The molecular formula is C21H19BrClN5OS. The minimum Gasteiger partial charge on any atom is -0.343 e. The molecular weight excluding hydrogens is 486 g/mol. The largest absolute Gasteiger partial charge is 0.343 e. The van der Waals surface area contributed by atoms with Crippen molar-refractivity contribution in [3.05, 3.63) is 61.9 Å². The van der Waals surface area contributed by atoms with Crippen LogP contribution >= 0.6 is 38.9 Å². The third-order valence-electron chi connectivity index (χ3n) is 5.71. The van der Waals surface area contributed by atoms with Crippen LogP contribution in [0.25, 0.3) is 5.00 Å². The van der Waals surface area contributed by atoms with Crippen LogP contribution in [0.1, 0.15) is 48.5 Å². The van der Waals surface area contributed by atoms with Crippen LogP contribution in [-0.4, -0.2) is 44.4 Å². The van der Waals surface area contributed by atoms with Crippen molar-refractivity contribution in [1.82, 2.24) is 19.7 Å². The summed E-state index contributed by atoms with van der Waals surface area (Å²) in [6.07, 6.45) is 1.77. The first kappa shape index (κ1) is 19.9. The van der Waals surface area contributed by atoms with E-state index in [0.717, 1.165) is 63.2 Å². The van der Waals surface area contributed by atoms with E-state index in [1.54, 1.807) is 18.3 Å². The van der Waals surface area contributed by atoms with Crippen molar-refractivity contribution >= 4 is 50.5 Å². The average molecular weight is 505 g/mol. The van der Waals surface area contributed by atoms with Gasteiger partial charge in [0, 0.05) is 42.1 Å². The second-order valence-electron chi connectivity index (χ2n) is 7.50. The van der Waals surface area contributed by atoms with Crippen LogP contribution in [0.15, 0.2) is 39.1 Å². The first-order valence-corrected chi connectivity index (χ1v) is 11.8. The molecule has 1 aromatic carbocycles. The number of aromatic nitrogens is 3. The Bertz CT molecular complexity index is 1160. The molecule has 5 rings (SSSR count). The van der Waals surface area contributed by atoms with Gasteiger partial charge in [-0.05, 0) is 40.9 Å². The Labute approximate surface area is 191 Å². The van der Waals surface area contributed by atoms with Gasteiger partial charge in [0.2, 0.25) is 5.91 Å². The average Bonchev–Trinajstić information content (AvgIpc) is 3.29. The maximum absolute atomic E-state index is 11.7. The molecule has 2 aromatic heterocycles. The van der Waals surface area contributed by atoms with Crippen LogP contribution in [0.5, 0.6) is 0 Å². The number of nitrogens with zero attached hydrogens (tertiary/aromatic N) is 5. The van der Waals surface area contributed by atoms with Gasteiger partial charge < -0.3 is 4.90 Å². The molecule has 0 radical (unpaired) electrons. The van der Waals surface area contributed by atoms with Gasteiger partial charge in [0.1, 0.15) is 17.4 Å². The molecule has 0 bridgehead atoms. The molecule has 0 N–H and O–H groups in total. The van der Waals surface area contributed by atoms with Crippen molar-refractivity contribution in [2.75, 3.05) is 13.1 Å². The fourth-order valence-electron chi connectivity index (χ4n) is 4.18. The van der Waals surface area contributed by atoms with E-state index in [2.05, 4.69) is 36.8 Å². The van der Waals surface area contributed by atoms with Crippen molar-refractivity contribution < 1.29 is 4.79 Å². The number of carbonyl (C=O) groups is 1. The molecule has 2 aliphatic heterocycles. The summed E-state index contributed by atoms with van der Waals surface area (Å²) in [6.45, 7) is 3.58. The standard InChI is InChI=1S/C21H19BrClN5OS/c1-12(29)27-8-6-13(7-9-27)20-26-25-18-11-24-19(14-4-2-3-5-16(14)23)15-10-17(22)30-21(15)28(18)20/h2-5,10,13H,6-9,11H2,1H3. The third-order valence-corrected chi connectivity index (χ3v) is 7.66. The molecule has 2 aliphatic rings. The van der Waals surface area contributed by atoms with Crippen LogP contribution < -0.4 is 0 Å². The Balaban J connectivity index is 1.57. The molecule has 0 saturated carbocycles. The molecule has 9 heteroatoms. The minimum atomic E-state index is 0.135. The first-order valence-electron chi connectivity index (χ1n) is 9.82. The molecule has 0 aliphatic carbocycles. The number of rotatable bonds is 2. The van der Waals surface area contributed by atoms with Crippen LogP contribution in [0.3, 0.4) is 0 Å². The first-order chi connectivity index (χ1) is 14.5. The van der Waals surface area contributed by atoms with E-state index in [9.17, 15) is 4.79 Å². The van der Waals surface area contributed by atoms with E-state index in [4.69, 9.17) is 16.6 Å². The van der Waals surface area contributed by atoms with Crippen LogP contribution in [0, 0.1) is 0 Å². The van der Waals surface area contributed by atoms with Gasteiger partial charge in [0.05, 0.1) is 9.50 Å². The highest BCUT2D eigenvalue weighted by Gasteiger charge is 2.31. The number of carbonyl (C=O) groups excluding carboxylic acids is 1. The molecule has 0 spiro atoms. The van der Waals surface area contributed by atoms with Crippen molar-refractivity contribution in [1.29, 1.82) is 0 Å².